The van der Waals surface area contributed by atoms with Gasteiger partial charge in [0.05, 0.1) is 24.2 Å². The lowest BCUT2D eigenvalue weighted by Crippen LogP contribution is -2.57. The molecule has 0 spiro atoms. The molecule has 3 amide bonds. The molecule has 3 aliphatic heterocycles. The highest BCUT2D eigenvalue weighted by atomic mass is 16.7. The number of carbonyl (C=O) groups excluding carboxylic acids is 4. The largest absolute Gasteiger partial charge is 0.453 e. The van der Waals surface area contributed by atoms with Crippen molar-refractivity contribution in [2.45, 2.75) is 25.3 Å². The van der Waals surface area contributed by atoms with Crippen molar-refractivity contribution in [3.8, 4) is 0 Å². The van der Waals surface area contributed by atoms with Crippen molar-refractivity contribution < 1.29 is 28.8 Å². The van der Waals surface area contributed by atoms with E-state index >= 15 is 0 Å². The molecule has 0 aromatic heterocycles. The van der Waals surface area contributed by atoms with E-state index in [1.54, 1.807) is 17.0 Å². The van der Waals surface area contributed by atoms with E-state index in [0.717, 1.165) is 6.42 Å². The fourth-order valence-electron chi connectivity index (χ4n) is 4.18. The van der Waals surface area contributed by atoms with Gasteiger partial charge in [-0.2, -0.15) is 0 Å². The van der Waals surface area contributed by atoms with Crippen molar-refractivity contribution in [1.82, 2.24) is 9.96 Å². The predicted molar refractivity (Wildman–Crippen MR) is 86.8 cm³/mol. The number of hydroxylamine groups is 2. The summed E-state index contributed by atoms with van der Waals surface area (Å²) in [6.07, 6.45) is 1.69. The van der Waals surface area contributed by atoms with Crippen molar-refractivity contribution in [1.29, 1.82) is 0 Å². The summed E-state index contributed by atoms with van der Waals surface area (Å²) in [6.45, 7) is 0.550. The van der Waals surface area contributed by atoms with Crippen molar-refractivity contribution in [2.24, 2.45) is 11.8 Å². The maximum absolute atomic E-state index is 12.7. The minimum Gasteiger partial charge on any atom is -0.453 e. The first-order valence-electron chi connectivity index (χ1n) is 8.55. The van der Waals surface area contributed by atoms with Crippen LogP contribution < -0.4 is 0 Å². The molecular weight excluding hydrogens is 340 g/mol. The minimum absolute atomic E-state index is 0.179. The Labute approximate surface area is 149 Å². The van der Waals surface area contributed by atoms with Gasteiger partial charge in [0, 0.05) is 12.6 Å². The number of hydrogen-bond donors (Lipinski definition) is 0. The summed E-state index contributed by atoms with van der Waals surface area (Å²) in [4.78, 5) is 56.1. The quantitative estimate of drug-likeness (QED) is 0.746. The van der Waals surface area contributed by atoms with Crippen LogP contribution in [0.15, 0.2) is 24.3 Å². The number of amides is 3. The first-order valence-corrected chi connectivity index (χ1v) is 8.55. The molecule has 26 heavy (non-hydrogen) atoms. The van der Waals surface area contributed by atoms with Gasteiger partial charge in [-0.3, -0.25) is 9.59 Å². The first-order chi connectivity index (χ1) is 12.5. The van der Waals surface area contributed by atoms with Gasteiger partial charge >= 0.3 is 12.1 Å². The fraction of sp³-hybridized carbons (Fsp3) is 0.444. The molecule has 1 aromatic carbocycles. The van der Waals surface area contributed by atoms with E-state index in [9.17, 15) is 19.2 Å². The average Bonchev–Trinajstić information content (AvgIpc) is 2.92. The standard InChI is InChI=1S/C18H18N2O6/c1-25-18(24)19-9-10-6-7-14(19)13(8-10)17(23)26-20-15(21)11-4-2-3-5-12(11)16(20)22/h2-5,10,13-14H,6-9H2,1H3. The lowest BCUT2D eigenvalue weighted by atomic mass is 9.73. The minimum atomic E-state index is -0.664. The maximum Gasteiger partial charge on any atom is 0.409 e. The average molecular weight is 358 g/mol. The molecule has 136 valence electrons. The van der Waals surface area contributed by atoms with Gasteiger partial charge in [0.1, 0.15) is 0 Å². The van der Waals surface area contributed by atoms with E-state index in [1.807, 2.05) is 0 Å². The number of rotatable bonds is 2. The Morgan fingerprint density at radius 2 is 1.73 bits per heavy atom. The Hall–Kier alpha value is -2.90. The Morgan fingerprint density at radius 3 is 2.31 bits per heavy atom. The second kappa shape index (κ2) is 6.12. The van der Waals surface area contributed by atoms with Gasteiger partial charge < -0.3 is 14.5 Å². The second-order valence-corrected chi connectivity index (χ2v) is 6.84. The van der Waals surface area contributed by atoms with Crippen LogP contribution in [-0.2, 0) is 14.4 Å². The number of benzene rings is 1. The highest BCUT2D eigenvalue weighted by molar-refractivity contribution is 6.20. The van der Waals surface area contributed by atoms with Crippen molar-refractivity contribution in [3.05, 3.63) is 35.4 Å². The third kappa shape index (κ3) is 2.44. The number of methoxy groups -OCH3 is 1. The number of hydrogen-bond acceptors (Lipinski definition) is 6. The Balaban J connectivity index is 1.52. The van der Waals surface area contributed by atoms with Crippen LogP contribution in [0.25, 0.3) is 0 Å². The van der Waals surface area contributed by atoms with Gasteiger partial charge in [-0.25, -0.2) is 9.59 Å². The molecule has 3 heterocycles. The molecule has 2 bridgehead atoms. The van der Waals surface area contributed by atoms with Gasteiger partial charge in [-0.05, 0) is 37.3 Å². The summed E-state index contributed by atoms with van der Waals surface area (Å²) >= 11 is 0. The lowest BCUT2D eigenvalue weighted by molar-refractivity contribution is -0.180. The predicted octanol–water partition coefficient (Wildman–Crippen LogP) is 1.61. The summed E-state index contributed by atoms with van der Waals surface area (Å²) in [5.74, 6) is -2.36. The summed E-state index contributed by atoms with van der Waals surface area (Å²) < 4.78 is 4.80. The highest BCUT2D eigenvalue weighted by Crippen LogP contribution is 2.40. The first kappa shape index (κ1) is 16.6. The number of imide groups is 1. The molecule has 8 nitrogen and oxygen atoms in total. The van der Waals surface area contributed by atoms with Gasteiger partial charge in [-0.1, -0.05) is 17.2 Å². The molecule has 1 saturated carbocycles. The molecule has 3 fully saturated rings. The summed E-state index contributed by atoms with van der Waals surface area (Å²) in [6, 6.07) is 5.98. The van der Waals surface area contributed by atoms with E-state index in [-0.39, 0.29) is 23.1 Å². The zero-order valence-electron chi connectivity index (χ0n) is 14.2. The van der Waals surface area contributed by atoms with Crippen LogP contribution in [0.3, 0.4) is 0 Å². The van der Waals surface area contributed by atoms with E-state index in [1.165, 1.54) is 19.2 Å². The monoisotopic (exact) mass is 358 g/mol. The molecule has 2 saturated heterocycles. The molecule has 0 N–H and O–H groups in total. The van der Waals surface area contributed by atoms with Gasteiger partial charge in [-0.15, -0.1) is 0 Å². The second-order valence-electron chi connectivity index (χ2n) is 6.84. The van der Waals surface area contributed by atoms with E-state index in [0.29, 0.717) is 24.4 Å². The van der Waals surface area contributed by atoms with Crippen LogP contribution in [-0.4, -0.2) is 53.5 Å². The van der Waals surface area contributed by atoms with E-state index < -0.39 is 29.8 Å². The van der Waals surface area contributed by atoms with E-state index in [4.69, 9.17) is 9.57 Å². The molecule has 0 radical (unpaired) electrons. The summed E-state index contributed by atoms with van der Waals surface area (Å²) in [7, 11) is 1.30. The van der Waals surface area contributed by atoms with Crippen LogP contribution in [0.1, 0.15) is 40.0 Å². The summed E-state index contributed by atoms with van der Waals surface area (Å²) in [5, 5.41) is 0.526. The molecule has 3 unspecified atom stereocenters. The molecule has 5 rings (SSSR count). The SMILES string of the molecule is COC(=O)N1CC2CCC1C(C(=O)ON1C(=O)c3ccccc3C1=O)C2. The van der Waals surface area contributed by atoms with Crippen LogP contribution in [0.4, 0.5) is 4.79 Å². The van der Waals surface area contributed by atoms with Crippen LogP contribution >= 0.6 is 0 Å². The molecule has 1 aliphatic carbocycles. The smallest absolute Gasteiger partial charge is 0.409 e. The Bertz CT molecular complexity index is 772. The van der Waals surface area contributed by atoms with Crippen LogP contribution in [0, 0.1) is 11.8 Å². The summed E-state index contributed by atoms with van der Waals surface area (Å²) in [5.41, 5.74) is 0.429. The van der Waals surface area contributed by atoms with Gasteiger partial charge in [0.15, 0.2) is 0 Å². The number of nitrogens with zero attached hydrogens (tertiary/aromatic N) is 2. The molecule has 4 aliphatic rings. The highest BCUT2D eigenvalue weighted by Gasteiger charge is 2.49. The van der Waals surface area contributed by atoms with Crippen molar-refractivity contribution in [2.75, 3.05) is 13.7 Å². The van der Waals surface area contributed by atoms with Crippen LogP contribution in [0.5, 0.6) is 0 Å². The van der Waals surface area contributed by atoms with Crippen LogP contribution in [0.2, 0.25) is 0 Å². The fourth-order valence-corrected chi connectivity index (χ4v) is 4.18. The number of piperidine rings is 2. The zero-order valence-corrected chi connectivity index (χ0v) is 14.2. The molecule has 3 atom stereocenters. The number of ether oxygens (including phenoxy) is 1. The van der Waals surface area contributed by atoms with E-state index in [2.05, 4.69) is 0 Å². The Kier molecular flexibility index (Phi) is 3.90. The normalized spacial score (nSPS) is 26.7. The van der Waals surface area contributed by atoms with Crippen molar-refractivity contribution >= 4 is 23.9 Å². The third-order valence-corrected chi connectivity index (χ3v) is 5.43. The number of carbonyl (C=O) groups is 4. The molecular formula is C18H18N2O6. The van der Waals surface area contributed by atoms with Gasteiger partial charge in [0.2, 0.25) is 0 Å². The third-order valence-electron chi connectivity index (χ3n) is 5.43. The lowest BCUT2D eigenvalue weighted by Gasteiger charge is -2.47. The maximum atomic E-state index is 12.7. The number of fused-ring (bicyclic) bond motifs is 4. The molecule has 1 aromatic rings. The topological polar surface area (TPSA) is 93.2 Å². The van der Waals surface area contributed by atoms with Crippen molar-refractivity contribution in [3.63, 3.8) is 0 Å². The zero-order chi connectivity index (χ0) is 18.4. The van der Waals surface area contributed by atoms with Gasteiger partial charge in [0.25, 0.3) is 11.8 Å². The molecule has 8 heteroatoms. The Morgan fingerprint density at radius 1 is 1.08 bits per heavy atom.